The highest BCUT2D eigenvalue weighted by Gasteiger charge is 2.23. The highest BCUT2D eigenvalue weighted by Crippen LogP contribution is 2.34. The zero-order chi connectivity index (χ0) is 20.3. The van der Waals surface area contributed by atoms with Crippen LogP contribution in [0.4, 0.5) is 0 Å². The molecule has 1 N–H and O–H groups in total. The second-order valence-corrected chi connectivity index (χ2v) is 8.38. The molecule has 1 aliphatic rings. The van der Waals surface area contributed by atoms with Gasteiger partial charge in [0.25, 0.3) is 0 Å². The molecule has 4 aromatic rings. The minimum atomic E-state index is -0.601. The van der Waals surface area contributed by atoms with Gasteiger partial charge in [0.05, 0.1) is 17.6 Å². The molecule has 1 aliphatic carbocycles. The van der Waals surface area contributed by atoms with E-state index in [2.05, 4.69) is 34.9 Å². The third-order valence-corrected chi connectivity index (χ3v) is 6.21. The molecule has 0 aliphatic heterocycles. The van der Waals surface area contributed by atoms with Crippen LogP contribution in [0.15, 0.2) is 66.7 Å². The van der Waals surface area contributed by atoms with E-state index in [1.165, 1.54) is 37.5 Å². The quantitative estimate of drug-likeness (QED) is 0.397. The predicted molar refractivity (Wildman–Crippen MR) is 128 cm³/mol. The van der Waals surface area contributed by atoms with Crippen molar-refractivity contribution >= 4 is 34.2 Å². The monoisotopic (exact) mass is 436 g/mol. The highest BCUT2D eigenvalue weighted by atomic mass is 35.5. The first kappa shape index (κ1) is 21.7. The van der Waals surface area contributed by atoms with Crippen molar-refractivity contribution in [3.8, 4) is 5.75 Å². The maximum Gasteiger partial charge on any atom is 0.120 e. The van der Waals surface area contributed by atoms with E-state index in [4.69, 9.17) is 9.72 Å². The van der Waals surface area contributed by atoms with Crippen molar-refractivity contribution < 1.29 is 9.84 Å². The van der Waals surface area contributed by atoms with E-state index in [9.17, 15) is 5.11 Å². The van der Waals surface area contributed by atoms with Gasteiger partial charge in [-0.25, -0.2) is 4.98 Å². The molecule has 1 atom stereocenters. The topological polar surface area (TPSA) is 47.3 Å². The number of halogens is 1. The molecular formula is C26H29ClN2O2. The average Bonchev–Trinajstić information content (AvgIpc) is 3.16. The molecular weight excluding hydrogens is 408 g/mol. The summed E-state index contributed by atoms with van der Waals surface area (Å²) in [6, 6.07) is 22.5. The Morgan fingerprint density at radius 1 is 0.935 bits per heavy atom. The molecule has 31 heavy (non-hydrogen) atoms. The zero-order valence-electron chi connectivity index (χ0n) is 17.6. The second kappa shape index (κ2) is 9.71. The summed E-state index contributed by atoms with van der Waals surface area (Å²) in [6.45, 7) is 0.759. The number of hydrogen-bond donors (Lipinski definition) is 1. The van der Waals surface area contributed by atoms with Crippen molar-refractivity contribution in [3.05, 3.63) is 72.6 Å². The van der Waals surface area contributed by atoms with Gasteiger partial charge in [0.2, 0.25) is 0 Å². The number of benzene rings is 3. The fourth-order valence-corrected chi connectivity index (χ4v) is 4.67. The van der Waals surface area contributed by atoms with Gasteiger partial charge in [-0.2, -0.15) is 0 Å². The first-order chi connectivity index (χ1) is 14.8. The van der Waals surface area contributed by atoms with Crippen LogP contribution in [0.1, 0.15) is 43.8 Å². The van der Waals surface area contributed by atoms with Crippen LogP contribution < -0.4 is 4.74 Å². The van der Waals surface area contributed by atoms with Crippen molar-refractivity contribution in [1.29, 1.82) is 0 Å². The van der Waals surface area contributed by atoms with Gasteiger partial charge in [-0.05, 0) is 47.9 Å². The summed E-state index contributed by atoms with van der Waals surface area (Å²) in [4.78, 5) is 4.95. The maximum absolute atomic E-state index is 10.8. The Hall–Kier alpha value is -2.56. The lowest BCUT2D eigenvalue weighted by Gasteiger charge is -2.23. The number of fused-ring (bicyclic) bond motifs is 2. The fraction of sp³-hybridized carbons (Fsp3) is 0.346. The molecule has 1 heterocycles. The van der Waals surface area contributed by atoms with Crippen LogP contribution in [0.2, 0.25) is 0 Å². The molecule has 4 nitrogen and oxygen atoms in total. The Morgan fingerprint density at radius 3 is 2.52 bits per heavy atom. The van der Waals surface area contributed by atoms with Crippen LogP contribution in [0.25, 0.3) is 21.8 Å². The van der Waals surface area contributed by atoms with Crippen LogP contribution in [0, 0.1) is 0 Å². The normalized spacial score (nSPS) is 15.6. The number of aliphatic hydroxyl groups is 1. The van der Waals surface area contributed by atoms with Crippen LogP contribution in [-0.2, 0) is 6.54 Å². The number of ether oxygens (including phenoxy) is 1. The summed E-state index contributed by atoms with van der Waals surface area (Å²) in [6.07, 6.45) is 5.62. The molecule has 0 radical (unpaired) electrons. The smallest absolute Gasteiger partial charge is 0.120 e. The van der Waals surface area contributed by atoms with Gasteiger partial charge >= 0.3 is 0 Å². The van der Waals surface area contributed by atoms with Crippen molar-refractivity contribution in [2.75, 3.05) is 6.61 Å². The molecule has 5 rings (SSSR count). The molecule has 3 aromatic carbocycles. The Bertz CT molecular complexity index is 1150. The maximum atomic E-state index is 10.8. The number of imidazole rings is 1. The SMILES string of the molecule is Cl.OC(COc1ccc2ccccc2c1)Cn1c(C2CCCCC2)nc2ccccc21. The van der Waals surface area contributed by atoms with Crippen LogP contribution in [0.5, 0.6) is 5.75 Å². The molecule has 1 aromatic heterocycles. The summed E-state index contributed by atoms with van der Waals surface area (Å²) in [5, 5.41) is 13.1. The van der Waals surface area contributed by atoms with Gasteiger partial charge in [-0.3, -0.25) is 0 Å². The Morgan fingerprint density at radius 2 is 1.68 bits per heavy atom. The number of aromatic nitrogens is 2. The molecule has 1 unspecified atom stereocenters. The Labute approximate surface area is 189 Å². The Kier molecular flexibility index (Phi) is 6.79. The lowest BCUT2D eigenvalue weighted by atomic mass is 9.88. The van der Waals surface area contributed by atoms with E-state index in [0.717, 1.165) is 28.0 Å². The summed E-state index contributed by atoms with van der Waals surface area (Å²) in [5.41, 5.74) is 2.11. The average molecular weight is 437 g/mol. The van der Waals surface area contributed by atoms with E-state index < -0.39 is 6.10 Å². The molecule has 0 saturated heterocycles. The lowest BCUT2D eigenvalue weighted by Crippen LogP contribution is -2.25. The highest BCUT2D eigenvalue weighted by molar-refractivity contribution is 5.85. The zero-order valence-corrected chi connectivity index (χ0v) is 18.4. The lowest BCUT2D eigenvalue weighted by molar-refractivity contribution is 0.0923. The van der Waals surface area contributed by atoms with Crippen LogP contribution in [0.3, 0.4) is 0 Å². The van der Waals surface area contributed by atoms with Gasteiger partial charge in [-0.15, -0.1) is 12.4 Å². The predicted octanol–water partition coefficient (Wildman–Crippen LogP) is 6.10. The molecule has 162 valence electrons. The van der Waals surface area contributed by atoms with E-state index in [0.29, 0.717) is 12.5 Å². The van der Waals surface area contributed by atoms with Crippen LogP contribution in [-0.4, -0.2) is 27.4 Å². The van der Waals surface area contributed by atoms with Crippen molar-refractivity contribution in [1.82, 2.24) is 9.55 Å². The van der Waals surface area contributed by atoms with Crippen molar-refractivity contribution in [2.45, 2.75) is 50.7 Å². The molecule has 0 spiro atoms. The van der Waals surface area contributed by atoms with Gasteiger partial charge < -0.3 is 14.4 Å². The third kappa shape index (κ3) is 4.70. The van der Waals surface area contributed by atoms with Gasteiger partial charge in [0.1, 0.15) is 24.3 Å². The van der Waals surface area contributed by atoms with E-state index >= 15 is 0 Å². The van der Waals surface area contributed by atoms with Crippen molar-refractivity contribution in [3.63, 3.8) is 0 Å². The standard InChI is InChI=1S/C26H28N2O2.ClH/c29-22(18-30-23-15-14-19-8-4-5-11-21(19)16-23)17-28-25-13-7-6-12-24(25)27-26(28)20-9-2-1-3-10-20;/h4-8,11-16,20,22,29H,1-3,9-10,17-18H2;1H. The van der Waals surface area contributed by atoms with Gasteiger partial charge in [0, 0.05) is 5.92 Å². The van der Waals surface area contributed by atoms with E-state index in [1.807, 2.05) is 36.4 Å². The summed E-state index contributed by atoms with van der Waals surface area (Å²) >= 11 is 0. The van der Waals surface area contributed by atoms with E-state index in [1.54, 1.807) is 0 Å². The molecule has 5 heteroatoms. The largest absolute Gasteiger partial charge is 0.491 e. The first-order valence-corrected chi connectivity index (χ1v) is 11.0. The van der Waals surface area contributed by atoms with Gasteiger partial charge in [-0.1, -0.05) is 61.7 Å². The summed E-state index contributed by atoms with van der Waals surface area (Å²) in [7, 11) is 0. The number of para-hydroxylation sites is 2. The number of hydrogen-bond acceptors (Lipinski definition) is 3. The van der Waals surface area contributed by atoms with Gasteiger partial charge in [0.15, 0.2) is 0 Å². The Balaban J connectivity index is 0.00000231. The third-order valence-electron chi connectivity index (χ3n) is 6.21. The summed E-state index contributed by atoms with van der Waals surface area (Å²) in [5.74, 6) is 2.40. The molecule has 0 bridgehead atoms. The minimum absolute atomic E-state index is 0. The number of nitrogens with zero attached hydrogens (tertiary/aromatic N) is 2. The van der Waals surface area contributed by atoms with E-state index in [-0.39, 0.29) is 19.0 Å². The minimum Gasteiger partial charge on any atom is -0.491 e. The second-order valence-electron chi connectivity index (χ2n) is 8.38. The first-order valence-electron chi connectivity index (χ1n) is 11.0. The molecule has 1 saturated carbocycles. The molecule has 0 amide bonds. The van der Waals surface area contributed by atoms with Crippen molar-refractivity contribution in [2.24, 2.45) is 0 Å². The fourth-order valence-electron chi connectivity index (χ4n) is 4.67. The van der Waals surface area contributed by atoms with Crippen LogP contribution >= 0.6 is 12.4 Å². The number of rotatable bonds is 6. The number of aliphatic hydroxyl groups excluding tert-OH is 1. The molecule has 1 fully saturated rings. The summed E-state index contributed by atoms with van der Waals surface area (Å²) < 4.78 is 8.16.